The molecule has 3 aromatic rings. The molecule has 0 saturated carbocycles. The number of hydrogen-bond donors (Lipinski definition) is 1. The minimum absolute atomic E-state index is 0.102. The fraction of sp³-hybridized carbons (Fsp3) is 0.310. The zero-order chi connectivity index (χ0) is 25.6. The fourth-order valence-electron chi connectivity index (χ4n) is 3.74. The summed E-state index contributed by atoms with van der Waals surface area (Å²) in [5.41, 5.74) is 8.41. The first-order valence-corrected chi connectivity index (χ1v) is 12.1. The van der Waals surface area contributed by atoms with Crippen LogP contribution in [0.15, 0.2) is 78.9 Å². The Morgan fingerprint density at radius 2 is 1.36 bits per heavy atom. The van der Waals surface area contributed by atoms with Gasteiger partial charge in [-0.3, -0.25) is 14.5 Å². The Balaban J connectivity index is 1.66. The van der Waals surface area contributed by atoms with Gasteiger partial charge in [-0.25, -0.2) is 0 Å². The molecule has 0 unspecified atom stereocenters. The second-order valence-electron chi connectivity index (χ2n) is 8.27. The number of carbonyl (C=O) groups is 2. The monoisotopic (exact) mass is 490 g/mol. The molecule has 7 heteroatoms. The maximum absolute atomic E-state index is 13.2. The zero-order valence-electron chi connectivity index (χ0n) is 20.7. The number of nitrogens with two attached hydrogens (primary N) is 1. The highest BCUT2D eigenvalue weighted by Crippen LogP contribution is 2.21. The van der Waals surface area contributed by atoms with Crippen LogP contribution < -0.4 is 10.5 Å². The van der Waals surface area contributed by atoms with Crippen LogP contribution in [0.4, 0.5) is 0 Å². The van der Waals surface area contributed by atoms with Crippen molar-refractivity contribution in [3.05, 3.63) is 101 Å². The van der Waals surface area contributed by atoms with Crippen molar-refractivity contribution in [1.82, 2.24) is 4.90 Å². The summed E-state index contributed by atoms with van der Waals surface area (Å²) in [6.07, 6.45) is 0. The Morgan fingerprint density at radius 3 is 1.94 bits per heavy atom. The molecule has 0 radical (unpaired) electrons. The van der Waals surface area contributed by atoms with Crippen LogP contribution in [0, 0.1) is 0 Å². The normalized spacial score (nSPS) is 10.9. The quantitative estimate of drug-likeness (QED) is 0.240. The van der Waals surface area contributed by atoms with Gasteiger partial charge < -0.3 is 19.9 Å². The van der Waals surface area contributed by atoms with Crippen molar-refractivity contribution in [2.45, 2.75) is 20.0 Å². The molecule has 1 amide bonds. The van der Waals surface area contributed by atoms with Gasteiger partial charge in [0, 0.05) is 25.3 Å². The van der Waals surface area contributed by atoms with Crippen LogP contribution in [0.3, 0.4) is 0 Å². The summed E-state index contributed by atoms with van der Waals surface area (Å²) in [6, 6.07) is 24.9. The van der Waals surface area contributed by atoms with Crippen molar-refractivity contribution in [2.75, 3.05) is 39.6 Å². The first-order chi connectivity index (χ1) is 17.6. The number of carbonyl (C=O) groups excluding carboxylic acids is 2. The number of hydrogen-bond acceptors (Lipinski definition) is 6. The number of benzene rings is 3. The van der Waals surface area contributed by atoms with Gasteiger partial charge in [0.05, 0.1) is 31.9 Å². The van der Waals surface area contributed by atoms with Gasteiger partial charge in [0.2, 0.25) is 0 Å². The second kappa shape index (κ2) is 14.8. The second-order valence-corrected chi connectivity index (χ2v) is 8.27. The van der Waals surface area contributed by atoms with Gasteiger partial charge in [0.15, 0.2) is 5.78 Å². The fourth-order valence-corrected chi connectivity index (χ4v) is 3.74. The zero-order valence-corrected chi connectivity index (χ0v) is 20.7. The first-order valence-electron chi connectivity index (χ1n) is 12.1. The average molecular weight is 491 g/mol. The van der Waals surface area contributed by atoms with Crippen molar-refractivity contribution < 1.29 is 23.8 Å². The average Bonchev–Trinajstić information content (AvgIpc) is 2.89. The number of ether oxygens (including phenoxy) is 3. The molecule has 3 aromatic carbocycles. The highest BCUT2D eigenvalue weighted by molar-refractivity contribution is 6.02. The third kappa shape index (κ3) is 8.92. The highest BCUT2D eigenvalue weighted by atomic mass is 16.5. The number of rotatable bonds is 16. The van der Waals surface area contributed by atoms with E-state index in [1.54, 1.807) is 12.1 Å². The van der Waals surface area contributed by atoms with E-state index in [1.165, 1.54) is 6.07 Å². The van der Waals surface area contributed by atoms with E-state index in [9.17, 15) is 9.59 Å². The number of Topliss-reactive ketones (excluding diaryl/α,β-unsaturated/α-hetero) is 1. The van der Waals surface area contributed by atoms with Crippen LogP contribution in [0.5, 0.6) is 5.75 Å². The Bertz CT molecular complexity index is 1050. The summed E-state index contributed by atoms with van der Waals surface area (Å²) in [7, 11) is 0. The molecule has 0 saturated heterocycles. The molecule has 0 spiro atoms. The van der Waals surface area contributed by atoms with E-state index in [2.05, 4.69) is 4.90 Å². The van der Waals surface area contributed by atoms with Crippen LogP contribution in [-0.2, 0) is 22.6 Å². The van der Waals surface area contributed by atoms with E-state index in [4.69, 9.17) is 19.9 Å². The largest absolute Gasteiger partial charge is 0.490 e. The van der Waals surface area contributed by atoms with Gasteiger partial charge in [-0.1, -0.05) is 60.7 Å². The van der Waals surface area contributed by atoms with E-state index in [0.717, 1.165) is 11.1 Å². The van der Waals surface area contributed by atoms with E-state index in [0.29, 0.717) is 50.8 Å². The first kappa shape index (κ1) is 27.1. The van der Waals surface area contributed by atoms with Gasteiger partial charge in [-0.2, -0.15) is 0 Å². The lowest BCUT2D eigenvalue weighted by atomic mass is 10.0. The molecule has 0 atom stereocenters. The molecule has 0 aliphatic rings. The molecule has 0 aromatic heterocycles. The molecule has 0 aliphatic heterocycles. The molecule has 0 aliphatic carbocycles. The predicted molar refractivity (Wildman–Crippen MR) is 139 cm³/mol. The van der Waals surface area contributed by atoms with Gasteiger partial charge >= 0.3 is 0 Å². The molecular formula is C29H34N2O5. The van der Waals surface area contributed by atoms with Gasteiger partial charge in [-0.15, -0.1) is 0 Å². The Morgan fingerprint density at radius 1 is 0.778 bits per heavy atom. The van der Waals surface area contributed by atoms with E-state index in [-0.39, 0.29) is 24.5 Å². The molecule has 3 rings (SSSR count). The summed E-state index contributed by atoms with van der Waals surface area (Å²) in [5.74, 6) is -0.421. The maximum atomic E-state index is 13.2. The summed E-state index contributed by atoms with van der Waals surface area (Å²) in [6.45, 7) is 5.58. The van der Waals surface area contributed by atoms with Crippen molar-refractivity contribution in [3.8, 4) is 5.75 Å². The Labute approximate surface area is 212 Å². The lowest BCUT2D eigenvalue weighted by Crippen LogP contribution is -2.29. The summed E-state index contributed by atoms with van der Waals surface area (Å²) in [4.78, 5) is 27.4. The third-order valence-corrected chi connectivity index (χ3v) is 5.49. The van der Waals surface area contributed by atoms with E-state index >= 15 is 0 Å². The van der Waals surface area contributed by atoms with E-state index < -0.39 is 5.91 Å². The SMILES string of the molecule is CCOCCOCCOc1ccc(C(=O)CN(Cc2ccccc2)Cc2ccccc2)cc1C(N)=O. The van der Waals surface area contributed by atoms with Crippen LogP contribution in [-0.4, -0.2) is 56.2 Å². The van der Waals surface area contributed by atoms with Gasteiger partial charge in [0.1, 0.15) is 12.4 Å². The molecule has 0 bridgehead atoms. The lowest BCUT2D eigenvalue weighted by Gasteiger charge is -2.22. The van der Waals surface area contributed by atoms with Crippen molar-refractivity contribution in [2.24, 2.45) is 5.73 Å². The number of ketones is 1. The molecular weight excluding hydrogens is 456 g/mol. The Kier molecular flexibility index (Phi) is 11.1. The van der Waals surface area contributed by atoms with E-state index in [1.807, 2.05) is 67.6 Å². The van der Waals surface area contributed by atoms with Crippen molar-refractivity contribution in [1.29, 1.82) is 0 Å². The van der Waals surface area contributed by atoms with Crippen molar-refractivity contribution >= 4 is 11.7 Å². The number of nitrogens with zero attached hydrogens (tertiary/aromatic N) is 1. The Hall–Kier alpha value is -3.52. The molecule has 2 N–H and O–H groups in total. The van der Waals surface area contributed by atoms with Crippen molar-refractivity contribution in [3.63, 3.8) is 0 Å². The predicted octanol–water partition coefficient (Wildman–Crippen LogP) is 4.10. The molecule has 7 nitrogen and oxygen atoms in total. The minimum Gasteiger partial charge on any atom is -0.490 e. The molecule has 190 valence electrons. The topological polar surface area (TPSA) is 91.1 Å². The van der Waals surface area contributed by atoms with Crippen LogP contribution in [0.2, 0.25) is 0 Å². The van der Waals surface area contributed by atoms with Crippen LogP contribution in [0.1, 0.15) is 38.8 Å². The van der Waals surface area contributed by atoms with Gasteiger partial charge in [0.25, 0.3) is 5.91 Å². The third-order valence-electron chi connectivity index (χ3n) is 5.49. The smallest absolute Gasteiger partial charge is 0.252 e. The molecule has 0 fully saturated rings. The van der Waals surface area contributed by atoms with Gasteiger partial charge in [-0.05, 0) is 36.2 Å². The lowest BCUT2D eigenvalue weighted by molar-refractivity contribution is 0.0403. The maximum Gasteiger partial charge on any atom is 0.252 e. The minimum atomic E-state index is -0.651. The molecule has 0 heterocycles. The summed E-state index contributed by atoms with van der Waals surface area (Å²) in [5, 5.41) is 0. The number of amides is 1. The summed E-state index contributed by atoms with van der Waals surface area (Å²) >= 11 is 0. The summed E-state index contributed by atoms with van der Waals surface area (Å²) < 4.78 is 16.3. The standard InChI is InChI=1S/C29H34N2O5/c1-2-34-15-16-35-17-18-36-28-14-13-25(19-26(28)29(30)33)27(32)22-31(20-23-9-5-3-6-10-23)21-24-11-7-4-8-12-24/h3-14,19H,2,15-18,20-22H2,1H3,(H2,30,33). The van der Waals surface area contributed by atoms with Crippen LogP contribution >= 0.6 is 0 Å². The van der Waals surface area contributed by atoms with Crippen LogP contribution in [0.25, 0.3) is 0 Å². The highest BCUT2D eigenvalue weighted by Gasteiger charge is 2.18. The molecule has 36 heavy (non-hydrogen) atoms. The number of primary amides is 1.